The van der Waals surface area contributed by atoms with Crippen LogP contribution in [0.2, 0.25) is 0 Å². The lowest BCUT2D eigenvalue weighted by Gasteiger charge is -2.51. The molecule has 3 aliphatic heterocycles. The predicted octanol–water partition coefficient (Wildman–Crippen LogP) is 10.6. The zero-order chi connectivity index (χ0) is 51.2. The largest absolute Gasteiger partial charge is 0.478 e. The summed E-state index contributed by atoms with van der Waals surface area (Å²) < 4.78 is 68.9. The van der Waals surface area contributed by atoms with Crippen LogP contribution >= 0.6 is 11.8 Å². The fraction of sp³-hybridized carbons (Fsp3) is 0.279. The number of benzene rings is 7. The maximum Gasteiger partial charge on any atom is 0.339 e. The summed E-state index contributed by atoms with van der Waals surface area (Å²) in [7, 11) is 0. The van der Waals surface area contributed by atoms with Gasteiger partial charge in [0.2, 0.25) is 0 Å². The number of carboxylic acids is 1. The van der Waals surface area contributed by atoms with Gasteiger partial charge < -0.3 is 52.5 Å². The average molecular weight is 1030 g/mol. The van der Waals surface area contributed by atoms with Crippen LogP contribution in [-0.2, 0) is 73.8 Å². The van der Waals surface area contributed by atoms with Crippen LogP contribution in [0.5, 0.6) is 0 Å². The normalized spacial score (nSPS) is 25.4. The van der Waals surface area contributed by atoms with Gasteiger partial charge in [0.25, 0.3) is 0 Å². The third kappa shape index (κ3) is 13.5. The smallest absolute Gasteiger partial charge is 0.339 e. The van der Waals surface area contributed by atoms with E-state index in [9.17, 15) is 14.7 Å². The van der Waals surface area contributed by atoms with E-state index >= 15 is 0 Å². The Balaban J connectivity index is 1.06. The standard InChI is InChI=1S/C61H58O13S/c62-57(63)47-33-19-20-34-48(47)58(64)69-39-50-52(54(66-36-42-23-9-2-10-24-42)56(68-38-44-27-13-4-14-28-44)61(72-50)75-46-31-17-6-18-32-46)74-60-55(67-37-43-25-11-3-12-26-43)53(65-35-41-21-7-1-8-22-41)51-49(71-60)40-70-59(73-51)45-29-15-5-16-30-45/h1-34,49-56,59-61H,35-40H2,(H,62,63)/t49-,50-,51-,52-,53+,54+,55-,56-,59-,60-,61+/m1/s1. The molecule has 386 valence electrons. The Morgan fingerprint density at radius 1 is 0.493 bits per heavy atom. The molecule has 3 saturated heterocycles. The number of thioether (sulfide) groups is 1. The molecule has 11 atom stereocenters. The summed E-state index contributed by atoms with van der Waals surface area (Å²) in [6.07, 6.45) is -9.00. The van der Waals surface area contributed by atoms with E-state index < -0.39 is 78.8 Å². The van der Waals surface area contributed by atoms with E-state index in [4.69, 9.17) is 47.4 Å². The van der Waals surface area contributed by atoms with E-state index in [0.717, 1.165) is 32.7 Å². The second-order valence-electron chi connectivity index (χ2n) is 18.3. The van der Waals surface area contributed by atoms with Gasteiger partial charge in [-0.15, -0.1) is 0 Å². The highest BCUT2D eigenvalue weighted by Gasteiger charge is 2.56. The fourth-order valence-corrected chi connectivity index (χ4v) is 10.5. The molecule has 13 nitrogen and oxygen atoms in total. The first-order valence-electron chi connectivity index (χ1n) is 25.0. The van der Waals surface area contributed by atoms with Crippen molar-refractivity contribution in [1.29, 1.82) is 0 Å². The van der Waals surface area contributed by atoms with Gasteiger partial charge in [0.1, 0.15) is 60.9 Å². The van der Waals surface area contributed by atoms with Crippen LogP contribution in [0.1, 0.15) is 54.8 Å². The van der Waals surface area contributed by atoms with E-state index in [1.807, 2.05) is 182 Å². The molecular weight excluding hydrogens is 973 g/mol. The number of carbonyl (C=O) groups is 2. The second-order valence-corrected chi connectivity index (χ2v) is 19.5. The zero-order valence-corrected chi connectivity index (χ0v) is 41.8. The summed E-state index contributed by atoms with van der Waals surface area (Å²) in [6, 6.07) is 64.7. The minimum Gasteiger partial charge on any atom is -0.478 e. The third-order valence-corrected chi connectivity index (χ3v) is 14.3. The summed E-state index contributed by atoms with van der Waals surface area (Å²) in [5.41, 5.74) is 3.42. The Kier molecular flexibility index (Phi) is 17.9. The van der Waals surface area contributed by atoms with Crippen molar-refractivity contribution in [2.75, 3.05) is 13.2 Å². The Morgan fingerprint density at radius 3 is 1.51 bits per heavy atom. The van der Waals surface area contributed by atoms with Gasteiger partial charge in [-0.25, -0.2) is 9.59 Å². The van der Waals surface area contributed by atoms with E-state index in [-0.39, 0.29) is 50.8 Å². The summed E-state index contributed by atoms with van der Waals surface area (Å²) in [6.45, 7) is 0.461. The molecule has 0 spiro atoms. The molecule has 0 aliphatic carbocycles. The SMILES string of the molecule is O=C(O)c1ccccc1C(=O)OC[C@H]1O[C@@H](Sc2ccccc2)[C@H](OCc2ccccc2)[C@@H](OCc2ccccc2)[C@@H]1O[C@H]1O[C@@H]2CO[C@@H](c3ccccc3)O[C@H]2[C@H](OCc2ccccc2)[C@H]1OCc1ccccc1. The van der Waals surface area contributed by atoms with Crippen LogP contribution in [0.15, 0.2) is 211 Å². The van der Waals surface area contributed by atoms with Crippen molar-refractivity contribution in [3.05, 3.63) is 245 Å². The van der Waals surface area contributed by atoms with Crippen molar-refractivity contribution in [2.45, 2.75) is 98.2 Å². The Labute approximate surface area is 440 Å². The number of ether oxygens (including phenoxy) is 10. The van der Waals surface area contributed by atoms with Gasteiger partial charge in [0.05, 0.1) is 44.2 Å². The summed E-state index contributed by atoms with van der Waals surface area (Å²) in [5, 5.41) is 10.1. The van der Waals surface area contributed by atoms with Crippen LogP contribution in [0, 0.1) is 0 Å². The van der Waals surface area contributed by atoms with Gasteiger partial charge in [0, 0.05) is 10.5 Å². The molecule has 0 aromatic heterocycles. The number of carboxylic acid groups (broad SMARTS) is 1. The predicted molar refractivity (Wildman–Crippen MR) is 278 cm³/mol. The first-order chi connectivity index (χ1) is 36.9. The molecule has 0 amide bonds. The number of hydrogen-bond donors (Lipinski definition) is 1. The molecule has 0 saturated carbocycles. The van der Waals surface area contributed by atoms with Gasteiger partial charge in [-0.05, 0) is 46.5 Å². The molecule has 3 heterocycles. The Morgan fingerprint density at radius 2 is 0.960 bits per heavy atom. The van der Waals surface area contributed by atoms with Crippen molar-refractivity contribution in [3.8, 4) is 0 Å². The second kappa shape index (κ2) is 25.8. The van der Waals surface area contributed by atoms with Gasteiger partial charge in [-0.3, -0.25) is 0 Å². The first-order valence-corrected chi connectivity index (χ1v) is 25.9. The highest BCUT2D eigenvalue weighted by Crippen LogP contribution is 2.42. The maximum absolute atomic E-state index is 14.1. The molecule has 0 unspecified atom stereocenters. The Hall–Kier alpha value is -6.53. The highest BCUT2D eigenvalue weighted by atomic mass is 32.2. The van der Waals surface area contributed by atoms with E-state index in [1.54, 1.807) is 12.1 Å². The monoisotopic (exact) mass is 1030 g/mol. The van der Waals surface area contributed by atoms with Crippen molar-refractivity contribution in [2.24, 2.45) is 0 Å². The zero-order valence-electron chi connectivity index (χ0n) is 41.0. The first kappa shape index (κ1) is 51.9. The molecule has 1 N–H and O–H groups in total. The molecule has 7 aromatic rings. The van der Waals surface area contributed by atoms with Gasteiger partial charge in [0.15, 0.2) is 12.6 Å². The van der Waals surface area contributed by atoms with Gasteiger partial charge >= 0.3 is 11.9 Å². The number of hydrogen-bond acceptors (Lipinski definition) is 13. The molecule has 3 aliphatic rings. The van der Waals surface area contributed by atoms with Crippen molar-refractivity contribution in [1.82, 2.24) is 0 Å². The van der Waals surface area contributed by atoms with Crippen LogP contribution in [0.3, 0.4) is 0 Å². The van der Waals surface area contributed by atoms with Gasteiger partial charge in [-0.2, -0.15) is 0 Å². The topological polar surface area (TPSA) is 147 Å². The summed E-state index contributed by atoms with van der Waals surface area (Å²) >= 11 is 1.44. The van der Waals surface area contributed by atoms with E-state index in [1.165, 1.54) is 23.9 Å². The van der Waals surface area contributed by atoms with Crippen LogP contribution < -0.4 is 0 Å². The highest BCUT2D eigenvalue weighted by molar-refractivity contribution is 7.99. The number of esters is 1. The van der Waals surface area contributed by atoms with Crippen LogP contribution in [0.4, 0.5) is 0 Å². The quantitative estimate of drug-likeness (QED) is 0.0681. The molecule has 7 aromatic carbocycles. The van der Waals surface area contributed by atoms with Crippen molar-refractivity contribution >= 4 is 23.7 Å². The maximum atomic E-state index is 14.1. The molecule has 14 heteroatoms. The molecule has 3 fully saturated rings. The molecule has 10 rings (SSSR count). The minimum absolute atomic E-state index is 0.116. The summed E-state index contributed by atoms with van der Waals surface area (Å²) in [5.74, 6) is -2.12. The Bertz CT molecular complexity index is 2850. The number of carbonyl (C=O) groups excluding carboxylic acids is 1. The average Bonchev–Trinajstić information content (AvgIpc) is 3.46. The van der Waals surface area contributed by atoms with Crippen LogP contribution in [0.25, 0.3) is 0 Å². The third-order valence-electron chi connectivity index (χ3n) is 13.1. The van der Waals surface area contributed by atoms with Crippen molar-refractivity contribution in [3.63, 3.8) is 0 Å². The fourth-order valence-electron chi connectivity index (χ4n) is 9.38. The number of rotatable bonds is 21. The number of aromatic carboxylic acids is 1. The molecule has 75 heavy (non-hydrogen) atoms. The number of fused-ring (bicyclic) bond motifs is 1. The van der Waals surface area contributed by atoms with Crippen molar-refractivity contribution < 1.29 is 62.1 Å². The van der Waals surface area contributed by atoms with E-state index in [2.05, 4.69) is 0 Å². The lowest BCUT2D eigenvalue weighted by Crippen LogP contribution is -2.67. The molecular formula is C61H58O13S. The van der Waals surface area contributed by atoms with E-state index in [0.29, 0.717) is 0 Å². The summed E-state index contributed by atoms with van der Waals surface area (Å²) in [4.78, 5) is 27.3. The minimum atomic E-state index is -1.27. The molecule has 0 bridgehead atoms. The lowest BCUT2D eigenvalue weighted by molar-refractivity contribution is -0.388. The van der Waals surface area contributed by atoms with Crippen LogP contribution in [-0.4, -0.2) is 90.8 Å². The van der Waals surface area contributed by atoms with Gasteiger partial charge in [-0.1, -0.05) is 194 Å². The molecule has 0 radical (unpaired) electrons. The lowest BCUT2D eigenvalue weighted by atomic mass is 9.95.